The lowest BCUT2D eigenvalue weighted by atomic mass is 9.70. The summed E-state index contributed by atoms with van der Waals surface area (Å²) in [5.74, 6) is 9.54. The lowest BCUT2D eigenvalue weighted by Gasteiger charge is -2.36. The van der Waals surface area contributed by atoms with Gasteiger partial charge in [0.15, 0.2) is 0 Å². The predicted octanol–water partition coefficient (Wildman–Crippen LogP) is 17.8. The fraction of sp³-hybridized carbons (Fsp3) is 1.00. The maximum Gasteiger partial charge on any atom is 0.0568 e. The summed E-state index contributed by atoms with van der Waals surface area (Å²) in [6.45, 7) is 22.4. The molecule has 0 heterocycles. The number of aliphatic hydroxyl groups is 1. The van der Waals surface area contributed by atoms with E-state index in [4.69, 9.17) is 0 Å². The van der Waals surface area contributed by atoms with Crippen molar-refractivity contribution in [1.82, 2.24) is 0 Å². The molecule has 330 valence electrons. The van der Waals surface area contributed by atoms with Gasteiger partial charge >= 0.3 is 0 Å². The third-order valence-electron chi connectivity index (χ3n) is 17.3. The first-order valence-electron chi connectivity index (χ1n) is 26.0. The third kappa shape index (κ3) is 18.0. The Kier molecular flexibility index (Phi) is 22.0. The highest BCUT2D eigenvalue weighted by Gasteiger charge is 2.50. The maximum atomic E-state index is 11.3. The average molecular weight is 893 g/mol. The number of unbranched alkanes of at least 4 members (excludes halogenated alkanes) is 3. The van der Waals surface area contributed by atoms with Crippen LogP contribution in [0.1, 0.15) is 255 Å². The zero-order valence-electron chi connectivity index (χ0n) is 39.5. The highest BCUT2D eigenvalue weighted by atomic mass is 127. The van der Waals surface area contributed by atoms with Crippen molar-refractivity contribution in [3.05, 3.63) is 0 Å². The third-order valence-corrected chi connectivity index (χ3v) is 18.5. The molecule has 6 unspecified atom stereocenters. The molecule has 0 spiro atoms. The molecule has 4 saturated carbocycles. The Balaban J connectivity index is 1.13. The minimum Gasteiger partial charge on any atom is -0.393 e. The molecule has 4 fully saturated rings. The minimum absolute atomic E-state index is 0.0894. The van der Waals surface area contributed by atoms with Crippen molar-refractivity contribution in [2.75, 3.05) is 0 Å². The van der Waals surface area contributed by atoms with Gasteiger partial charge in [0.25, 0.3) is 0 Å². The van der Waals surface area contributed by atoms with E-state index in [-0.39, 0.29) is 6.10 Å². The van der Waals surface area contributed by atoms with Crippen LogP contribution < -0.4 is 0 Å². The quantitative estimate of drug-likeness (QED) is 0.0521. The Bertz CT molecular complexity index is 1000. The van der Waals surface area contributed by atoms with E-state index in [0.29, 0.717) is 11.3 Å². The van der Waals surface area contributed by atoms with E-state index in [1.54, 1.807) is 12.8 Å². The van der Waals surface area contributed by atoms with Crippen LogP contribution in [0.5, 0.6) is 0 Å². The van der Waals surface area contributed by atoms with E-state index in [1.807, 2.05) is 0 Å². The Hall–Kier alpha value is 0.690. The lowest BCUT2D eigenvalue weighted by Crippen LogP contribution is -2.26. The monoisotopic (exact) mass is 893 g/mol. The SMILES string of the molecule is CCCCCCC1CCC(CC(O)C(C)CCC(CCC2CCC(CC(C)C[C@@H](CC(C)CC3(C4CCC(I)CC4)CC3)CC(C)(C)C)CC2)C(C)CC)CC1. The molecule has 0 radical (unpaired) electrons. The Morgan fingerprint density at radius 2 is 1.20 bits per heavy atom. The largest absolute Gasteiger partial charge is 0.393 e. The zero-order chi connectivity index (χ0) is 40.7. The molecule has 0 aliphatic heterocycles. The summed E-state index contributed by atoms with van der Waals surface area (Å²) in [6.07, 6.45) is 42.9. The number of alkyl halides is 1. The lowest BCUT2D eigenvalue weighted by molar-refractivity contribution is 0.0679. The summed E-state index contributed by atoms with van der Waals surface area (Å²) in [4.78, 5) is 0. The topological polar surface area (TPSA) is 20.2 Å². The standard InChI is InChI=1S/C54H101IO/c1-10-12-13-14-15-44-17-23-47(24-18-44)37-52(56)43(6)16-26-49(42(5)11-2)27-25-45-19-21-46(22-20-45)34-40(3)35-48(39-53(7,8)9)36-41(4)38-54(32-33-54)50-28-30-51(55)31-29-50/h40-52,56H,10-39H2,1-9H3/t40?,41?,42?,43?,44?,45?,46?,47?,48-,49?,50?,51?,52?/m0/s1. The van der Waals surface area contributed by atoms with Crippen molar-refractivity contribution in [3.8, 4) is 0 Å². The number of hydrogen-bond donors (Lipinski definition) is 1. The molecule has 1 N–H and O–H groups in total. The molecule has 4 aliphatic rings. The average Bonchev–Trinajstić information content (AvgIpc) is 3.93. The molecule has 0 aromatic carbocycles. The van der Waals surface area contributed by atoms with E-state index in [9.17, 15) is 5.11 Å². The van der Waals surface area contributed by atoms with Crippen LogP contribution in [0.2, 0.25) is 0 Å². The molecular weight excluding hydrogens is 791 g/mol. The number of halogens is 1. The van der Waals surface area contributed by atoms with Crippen molar-refractivity contribution in [1.29, 1.82) is 0 Å². The van der Waals surface area contributed by atoms with Crippen LogP contribution >= 0.6 is 22.6 Å². The van der Waals surface area contributed by atoms with E-state index in [0.717, 1.165) is 74.9 Å². The number of aliphatic hydroxyl groups excluding tert-OH is 1. The molecule has 0 aromatic heterocycles. The fourth-order valence-electron chi connectivity index (χ4n) is 13.4. The van der Waals surface area contributed by atoms with Gasteiger partial charge in [-0.3, -0.25) is 0 Å². The van der Waals surface area contributed by atoms with E-state index >= 15 is 0 Å². The second kappa shape index (κ2) is 25.0. The summed E-state index contributed by atoms with van der Waals surface area (Å²) in [6, 6.07) is 0. The molecule has 2 heteroatoms. The smallest absolute Gasteiger partial charge is 0.0568 e. The van der Waals surface area contributed by atoms with Crippen LogP contribution in [0.4, 0.5) is 0 Å². The minimum atomic E-state index is -0.0894. The summed E-state index contributed by atoms with van der Waals surface area (Å²) < 4.78 is 0.950. The summed E-state index contributed by atoms with van der Waals surface area (Å²) >= 11 is 2.72. The van der Waals surface area contributed by atoms with Crippen LogP contribution in [0.3, 0.4) is 0 Å². The van der Waals surface area contributed by atoms with E-state index < -0.39 is 0 Å². The Labute approximate surface area is 366 Å². The molecule has 0 aromatic rings. The van der Waals surface area contributed by atoms with Crippen LogP contribution in [0.15, 0.2) is 0 Å². The summed E-state index contributed by atoms with van der Waals surface area (Å²) in [7, 11) is 0. The normalized spacial score (nSPS) is 30.9. The van der Waals surface area contributed by atoms with Gasteiger partial charge in [0.05, 0.1) is 6.10 Å². The fourth-order valence-corrected chi connectivity index (χ4v) is 14.1. The van der Waals surface area contributed by atoms with E-state index in [2.05, 4.69) is 84.9 Å². The molecule has 4 aliphatic carbocycles. The Morgan fingerprint density at radius 1 is 0.625 bits per heavy atom. The van der Waals surface area contributed by atoms with Gasteiger partial charge in [0, 0.05) is 3.92 Å². The van der Waals surface area contributed by atoms with Gasteiger partial charge in [-0.1, -0.05) is 181 Å². The zero-order valence-corrected chi connectivity index (χ0v) is 41.7. The number of rotatable bonds is 26. The van der Waals surface area contributed by atoms with Crippen molar-refractivity contribution in [2.24, 2.45) is 75.9 Å². The van der Waals surface area contributed by atoms with Gasteiger partial charge in [-0.25, -0.2) is 0 Å². The van der Waals surface area contributed by atoms with Crippen molar-refractivity contribution >= 4 is 22.6 Å². The van der Waals surface area contributed by atoms with Crippen LogP contribution in [0.25, 0.3) is 0 Å². The highest BCUT2D eigenvalue weighted by Crippen LogP contribution is 2.61. The number of hydrogen-bond acceptors (Lipinski definition) is 1. The van der Waals surface area contributed by atoms with Gasteiger partial charge in [0.1, 0.15) is 0 Å². The van der Waals surface area contributed by atoms with E-state index in [1.165, 1.54) is 173 Å². The van der Waals surface area contributed by atoms with Crippen LogP contribution in [0, 0.1) is 75.9 Å². The Morgan fingerprint density at radius 3 is 1.77 bits per heavy atom. The molecule has 7 atom stereocenters. The van der Waals surface area contributed by atoms with Gasteiger partial charge in [0.2, 0.25) is 0 Å². The van der Waals surface area contributed by atoms with Gasteiger partial charge in [-0.15, -0.1) is 0 Å². The summed E-state index contributed by atoms with van der Waals surface area (Å²) in [5, 5.41) is 11.3. The van der Waals surface area contributed by atoms with Crippen molar-refractivity contribution in [2.45, 2.75) is 265 Å². The molecule has 56 heavy (non-hydrogen) atoms. The predicted molar refractivity (Wildman–Crippen MR) is 257 cm³/mol. The van der Waals surface area contributed by atoms with Gasteiger partial charge in [-0.2, -0.15) is 0 Å². The first kappa shape index (κ1) is 49.3. The molecular formula is C54H101IO. The molecule has 1 nitrogen and oxygen atoms in total. The van der Waals surface area contributed by atoms with Gasteiger partial charge in [-0.05, 0) is 172 Å². The molecule has 0 bridgehead atoms. The molecule has 0 saturated heterocycles. The summed E-state index contributed by atoms with van der Waals surface area (Å²) in [5.41, 5.74) is 1.18. The second-order valence-electron chi connectivity index (χ2n) is 23.8. The first-order valence-corrected chi connectivity index (χ1v) is 27.2. The van der Waals surface area contributed by atoms with Crippen LogP contribution in [-0.2, 0) is 0 Å². The van der Waals surface area contributed by atoms with Crippen molar-refractivity contribution in [3.63, 3.8) is 0 Å². The highest BCUT2D eigenvalue weighted by molar-refractivity contribution is 14.1. The maximum absolute atomic E-state index is 11.3. The molecule has 4 rings (SSSR count). The van der Waals surface area contributed by atoms with Gasteiger partial charge < -0.3 is 5.11 Å². The first-order chi connectivity index (χ1) is 26.7. The van der Waals surface area contributed by atoms with Crippen molar-refractivity contribution < 1.29 is 5.11 Å². The van der Waals surface area contributed by atoms with Crippen LogP contribution in [-0.4, -0.2) is 15.1 Å². The molecule has 0 amide bonds. The second-order valence-corrected chi connectivity index (χ2v) is 25.5.